The highest BCUT2D eigenvalue weighted by Gasteiger charge is 2.36. The smallest absolute Gasteiger partial charge is 0.377 e. The van der Waals surface area contributed by atoms with Crippen LogP contribution in [-0.2, 0) is 10.9 Å². The lowest BCUT2D eigenvalue weighted by Gasteiger charge is -2.36. The van der Waals surface area contributed by atoms with Crippen molar-refractivity contribution >= 4 is 22.5 Å². The molecule has 1 aliphatic rings. The van der Waals surface area contributed by atoms with Crippen molar-refractivity contribution < 1.29 is 22.7 Å². The summed E-state index contributed by atoms with van der Waals surface area (Å²) < 4.78 is 42.8. The second-order valence-electron chi connectivity index (χ2n) is 5.39. The van der Waals surface area contributed by atoms with Crippen molar-refractivity contribution in [2.45, 2.75) is 32.5 Å². The molecule has 0 aromatic carbocycles. The number of halogens is 3. The van der Waals surface area contributed by atoms with Gasteiger partial charge in [0.2, 0.25) is 10.1 Å². The Kier molecular flexibility index (Phi) is 5.22. The summed E-state index contributed by atoms with van der Waals surface area (Å²) in [5.41, 5.74) is 0. The van der Waals surface area contributed by atoms with Gasteiger partial charge in [0, 0.05) is 6.54 Å². The van der Waals surface area contributed by atoms with Gasteiger partial charge in [0.1, 0.15) is 0 Å². The van der Waals surface area contributed by atoms with Gasteiger partial charge in [-0.1, -0.05) is 25.2 Å². The zero-order chi connectivity index (χ0) is 16.3. The molecule has 2 amide bonds. The fraction of sp³-hybridized carbons (Fsp3) is 0.750. The molecule has 0 saturated carbocycles. The Hall–Kier alpha value is -1.42. The van der Waals surface area contributed by atoms with Gasteiger partial charge in [-0.05, 0) is 12.3 Å². The summed E-state index contributed by atoms with van der Waals surface area (Å²) in [4.78, 5) is 13.8. The molecule has 0 bridgehead atoms. The number of carbonyl (C=O) groups is 1. The maximum Gasteiger partial charge on any atom is 0.445 e. The number of hydrogen-bond acceptors (Lipinski definition) is 5. The minimum atomic E-state index is -4.56. The first kappa shape index (κ1) is 16.9. The molecule has 0 aliphatic carbocycles. The number of nitrogens with zero attached hydrogens (tertiary/aromatic N) is 3. The molecule has 0 unspecified atom stereocenters. The number of nitrogens with one attached hydrogen (secondary N) is 1. The Bertz CT molecular complexity index is 521. The van der Waals surface area contributed by atoms with Crippen LogP contribution < -0.4 is 5.32 Å². The van der Waals surface area contributed by atoms with Gasteiger partial charge in [-0.15, -0.1) is 10.2 Å². The Balaban J connectivity index is 2.02. The molecule has 1 saturated heterocycles. The summed E-state index contributed by atoms with van der Waals surface area (Å²) in [6, 6.07) is -0.567. The fourth-order valence-electron chi connectivity index (χ4n) is 2.21. The van der Waals surface area contributed by atoms with E-state index in [1.54, 1.807) is 4.90 Å². The summed E-state index contributed by atoms with van der Waals surface area (Å²) in [5.74, 6) is 0.375. The minimum absolute atomic E-state index is 0.0937. The average molecular weight is 338 g/mol. The van der Waals surface area contributed by atoms with Crippen LogP contribution in [-0.4, -0.2) is 46.9 Å². The molecule has 1 fully saturated rings. The first-order valence-corrected chi connectivity index (χ1v) is 7.65. The summed E-state index contributed by atoms with van der Waals surface area (Å²) in [6.45, 7) is 5.30. The highest BCUT2D eigenvalue weighted by atomic mass is 32.1. The van der Waals surface area contributed by atoms with Crippen molar-refractivity contribution in [3.05, 3.63) is 5.01 Å². The lowest BCUT2D eigenvalue weighted by atomic mass is 10.0. The number of ether oxygens (including phenoxy) is 1. The minimum Gasteiger partial charge on any atom is -0.377 e. The van der Waals surface area contributed by atoms with E-state index >= 15 is 0 Å². The third-order valence-electron chi connectivity index (χ3n) is 3.11. The first-order chi connectivity index (χ1) is 10.3. The second kappa shape index (κ2) is 6.78. The number of anilines is 1. The van der Waals surface area contributed by atoms with Gasteiger partial charge in [0.15, 0.2) is 0 Å². The molecule has 2 heterocycles. The first-order valence-electron chi connectivity index (χ1n) is 6.83. The van der Waals surface area contributed by atoms with Gasteiger partial charge in [0.05, 0.1) is 19.3 Å². The fourth-order valence-corrected chi connectivity index (χ4v) is 2.81. The molecule has 6 nitrogen and oxygen atoms in total. The standard InChI is InChI=1S/C12H17F3N4O2S/c1-7(2)5-8-6-21-4-3-19(8)11(20)16-10-18-17-9(22-10)12(13,14)15/h7-8H,3-6H2,1-2H3,(H,16,18,20)/t8-/m0/s1. The molecule has 2 rings (SSSR count). The van der Waals surface area contributed by atoms with E-state index in [9.17, 15) is 18.0 Å². The molecule has 0 radical (unpaired) electrons. The van der Waals surface area contributed by atoms with E-state index in [-0.39, 0.29) is 11.2 Å². The number of rotatable bonds is 3. The number of urea groups is 1. The van der Waals surface area contributed by atoms with Gasteiger partial charge in [0.25, 0.3) is 0 Å². The van der Waals surface area contributed by atoms with Crippen LogP contribution in [0.15, 0.2) is 0 Å². The van der Waals surface area contributed by atoms with E-state index in [1.807, 2.05) is 13.8 Å². The molecule has 1 N–H and O–H groups in total. The Morgan fingerprint density at radius 2 is 2.23 bits per heavy atom. The van der Waals surface area contributed by atoms with E-state index in [2.05, 4.69) is 15.5 Å². The molecule has 10 heteroatoms. The van der Waals surface area contributed by atoms with Crippen LogP contribution in [0.2, 0.25) is 0 Å². The van der Waals surface area contributed by atoms with E-state index in [0.29, 0.717) is 37.0 Å². The Morgan fingerprint density at radius 3 is 2.82 bits per heavy atom. The third-order valence-corrected chi connectivity index (χ3v) is 4.00. The van der Waals surface area contributed by atoms with Crippen molar-refractivity contribution in [2.75, 3.05) is 25.1 Å². The quantitative estimate of drug-likeness (QED) is 0.920. The zero-order valence-corrected chi connectivity index (χ0v) is 13.0. The maximum atomic E-state index is 12.5. The largest absolute Gasteiger partial charge is 0.445 e. The SMILES string of the molecule is CC(C)C[C@H]1COCCN1C(=O)Nc1nnc(C(F)(F)F)s1. The topological polar surface area (TPSA) is 67.3 Å². The number of hydrogen-bond donors (Lipinski definition) is 1. The lowest BCUT2D eigenvalue weighted by molar-refractivity contribution is -0.138. The third kappa shape index (κ3) is 4.29. The summed E-state index contributed by atoms with van der Waals surface area (Å²) >= 11 is 0.310. The van der Waals surface area contributed by atoms with Crippen LogP contribution >= 0.6 is 11.3 Å². The van der Waals surface area contributed by atoms with Crippen molar-refractivity contribution in [2.24, 2.45) is 5.92 Å². The highest BCUT2D eigenvalue weighted by molar-refractivity contribution is 7.15. The predicted molar refractivity (Wildman–Crippen MR) is 74.7 cm³/mol. The molecule has 124 valence electrons. The normalized spacial score (nSPS) is 19.5. The molecule has 1 aliphatic heterocycles. The second-order valence-corrected chi connectivity index (χ2v) is 6.37. The molecule has 0 spiro atoms. The van der Waals surface area contributed by atoms with E-state index in [4.69, 9.17) is 4.74 Å². The van der Waals surface area contributed by atoms with Crippen LogP contribution in [0.4, 0.5) is 23.1 Å². The lowest BCUT2D eigenvalue weighted by Crippen LogP contribution is -2.50. The van der Waals surface area contributed by atoms with Crippen molar-refractivity contribution in [3.8, 4) is 0 Å². The molecule has 1 atom stereocenters. The number of amides is 2. The number of alkyl halides is 3. The highest BCUT2D eigenvalue weighted by Crippen LogP contribution is 2.33. The average Bonchev–Trinajstić information content (AvgIpc) is 2.87. The van der Waals surface area contributed by atoms with Crippen molar-refractivity contribution in [1.82, 2.24) is 15.1 Å². The summed E-state index contributed by atoms with van der Waals surface area (Å²) in [5, 5.41) is 7.54. The van der Waals surface area contributed by atoms with Gasteiger partial charge in [-0.3, -0.25) is 5.32 Å². The number of aromatic nitrogens is 2. The summed E-state index contributed by atoms with van der Waals surface area (Å²) in [7, 11) is 0. The zero-order valence-electron chi connectivity index (χ0n) is 12.2. The molecule has 1 aromatic rings. The van der Waals surface area contributed by atoms with Crippen LogP contribution in [0, 0.1) is 5.92 Å². The van der Waals surface area contributed by atoms with Crippen LogP contribution in [0.5, 0.6) is 0 Å². The van der Waals surface area contributed by atoms with E-state index in [1.165, 1.54) is 0 Å². The maximum absolute atomic E-state index is 12.5. The van der Waals surface area contributed by atoms with Gasteiger partial charge in [-0.2, -0.15) is 13.2 Å². The predicted octanol–water partition coefficient (Wildman–Crippen LogP) is 2.84. The monoisotopic (exact) mass is 338 g/mol. The van der Waals surface area contributed by atoms with Crippen LogP contribution in [0.1, 0.15) is 25.3 Å². The number of morpholine rings is 1. The van der Waals surface area contributed by atoms with Crippen molar-refractivity contribution in [1.29, 1.82) is 0 Å². The molecular weight excluding hydrogens is 321 g/mol. The Morgan fingerprint density at radius 1 is 1.50 bits per heavy atom. The van der Waals surface area contributed by atoms with Crippen LogP contribution in [0.3, 0.4) is 0 Å². The number of carbonyl (C=O) groups excluding carboxylic acids is 1. The van der Waals surface area contributed by atoms with E-state index < -0.39 is 17.2 Å². The molecular formula is C12H17F3N4O2S. The van der Waals surface area contributed by atoms with Gasteiger partial charge >= 0.3 is 12.2 Å². The Labute approximate surface area is 129 Å². The van der Waals surface area contributed by atoms with Gasteiger partial charge in [-0.25, -0.2) is 4.79 Å². The van der Waals surface area contributed by atoms with Crippen LogP contribution in [0.25, 0.3) is 0 Å². The molecule has 1 aromatic heterocycles. The molecule has 22 heavy (non-hydrogen) atoms. The van der Waals surface area contributed by atoms with E-state index in [0.717, 1.165) is 6.42 Å². The van der Waals surface area contributed by atoms with Gasteiger partial charge < -0.3 is 9.64 Å². The van der Waals surface area contributed by atoms with Crippen molar-refractivity contribution in [3.63, 3.8) is 0 Å². The summed E-state index contributed by atoms with van der Waals surface area (Å²) in [6.07, 6.45) is -3.79.